The number of hydrogen-bond donors (Lipinski definition) is 7. The topological polar surface area (TPSA) is 186 Å². The van der Waals surface area contributed by atoms with Crippen molar-refractivity contribution < 1.29 is 54.8 Å². The van der Waals surface area contributed by atoms with Crippen molar-refractivity contribution in [2.24, 2.45) is 0 Å². The highest BCUT2D eigenvalue weighted by atomic mass is 16.8. The summed E-state index contributed by atoms with van der Waals surface area (Å²) in [4.78, 5) is 11.2. The minimum atomic E-state index is -2.46. The third kappa shape index (κ3) is 3.27. The zero-order valence-electron chi connectivity index (χ0n) is 12.8. The summed E-state index contributed by atoms with van der Waals surface area (Å²) in [6, 6.07) is 0. The maximum Gasteiger partial charge on any atom is 0.364 e. The monoisotopic (exact) mass is 354 g/mol. The number of carbonyl (C=O) groups is 1. The number of carboxylic acids is 1. The summed E-state index contributed by atoms with van der Waals surface area (Å²) in [5, 5.41) is 67.3. The maximum atomic E-state index is 11.2. The van der Waals surface area contributed by atoms with Gasteiger partial charge in [0.1, 0.15) is 30.5 Å². The quantitative estimate of drug-likeness (QED) is 0.247. The van der Waals surface area contributed by atoms with Crippen molar-refractivity contribution in [3.8, 4) is 0 Å². The predicted octanol–water partition coefficient (Wildman–Crippen LogP) is -3.88. The highest BCUT2D eigenvalue weighted by Crippen LogP contribution is 2.42. The summed E-state index contributed by atoms with van der Waals surface area (Å²) in [5.74, 6) is -6.04. The standard InChI is InChI=1S/C13H22O11/c1-12(11(19)20)23-8-7(4-15)22-13(21,10(18)9(8)24-12)2-5(16)6(17)3-14/h5-10,14-18,21H,2-4H2,1H3,(H,19,20)/t5?,6?,7-,8+,9-,10-,12?,13-/m1/s1. The van der Waals surface area contributed by atoms with Gasteiger partial charge in [0.25, 0.3) is 5.79 Å². The Morgan fingerprint density at radius 1 is 1.12 bits per heavy atom. The Morgan fingerprint density at radius 3 is 2.21 bits per heavy atom. The summed E-state index contributed by atoms with van der Waals surface area (Å²) in [5.41, 5.74) is 0. The van der Waals surface area contributed by atoms with Gasteiger partial charge in [0, 0.05) is 13.3 Å². The van der Waals surface area contributed by atoms with Gasteiger partial charge in [-0.05, 0) is 0 Å². The SMILES string of the molecule is CC1(C(=O)O)O[C@@H]2[C@@H](O1)[C@@H](CO)O[C@](O)(CC(O)C(O)CO)[C@@H]2O. The first-order valence-corrected chi connectivity index (χ1v) is 7.33. The van der Waals surface area contributed by atoms with Crippen LogP contribution in [0.15, 0.2) is 0 Å². The molecule has 0 amide bonds. The van der Waals surface area contributed by atoms with E-state index in [4.69, 9.17) is 24.4 Å². The third-order valence-electron chi connectivity index (χ3n) is 4.24. The fraction of sp³-hybridized carbons (Fsp3) is 0.923. The normalized spacial score (nSPS) is 44.8. The Bertz CT molecular complexity index is 473. The van der Waals surface area contributed by atoms with Crippen LogP contribution in [0.1, 0.15) is 13.3 Å². The lowest BCUT2D eigenvalue weighted by Gasteiger charge is -2.45. The molecule has 2 fully saturated rings. The van der Waals surface area contributed by atoms with Gasteiger partial charge in [0.15, 0.2) is 5.79 Å². The maximum absolute atomic E-state index is 11.2. The van der Waals surface area contributed by atoms with E-state index in [1.165, 1.54) is 0 Å². The van der Waals surface area contributed by atoms with Crippen molar-refractivity contribution in [2.45, 2.75) is 61.5 Å². The number of hydrogen-bond acceptors (Lipinski definition) is 10. The molecule has 0 aromatic carbocycles. The van der Waals surface area contributed by atoms with E-state index in [1.54, 1.807) is 0 Å². The Morgan fingerprint density at radius 2 is 1.71 bits per heavy atom. The molecule has 0 radical (unpaired) electrons. The zero-order chi connectivity index (χ0) is 18.3. The van der Waals surface area contributed by atoms with Crippen molar-refractivity contribution in [1.29, 1.82) is 0 Å². The number of rotatable bonds is 6. The van der Waals surface area contributed by atoms with Crippen LogP contribution in [0.5, 0.6) is 0 Å². The number of ether oxygens (including phenoxy) is 3. The largest absolute Gasteiger partial charge is 0.477 e. The second-order valence-corrected chi connectivity index (χ2v) is 6.07. The first-order chi connectivity index (χ1) is 11.1. The molecule has 140 valence electrons. The lowest BCUT2D eigenvalue weighted by Crippen LogP contribution is -2.65. The van der Waals surface area contributed by atoms with E-state index in [2.05, 4.69) is 0 Å². The molecule has 0 saturated carbocycles. The van der Waals surface area contributed by atoms with Gasteiger partial charge in [0.05, 0.1) is 19.3 Å². The molecular weight excluding hydrogens is 332 g/mol. The van der Waals surface area contributed by atoms with E-state index >= 15 is 0 Å². The molecule has 2 rings (SSSR count). The first-order valence-electron chi connectivity index (χ1n) is 7.33. The van der Waals surface area contributed by atoms with Crippen LogP contribution in [-0.2, 0) is 19.0 Å². The minimum absolute atomic E-state index is 0.687. The molecule has 11 heteroatoms. The van der Waals surface area contributed by atoms with E-state index in [1.807, 2.05) is 0 Å². The first kappa shape index (κ1) is 19.4. The molecule has 3 unspecified atom stereocenters. The van der Waals surface area contributed by atoms with Gasteiger partial charge in [-0.2, -0.15) is 0 Å². The Hall–Kier alpha value is -0.890. The molecular formula is C13H22O11. The Labute approximate surface area is 136 Å². The number of aliphatic carboxylic acids is 1. The van der Waals surface area contributed by atoms with Crippen LogP contribution in [0.3, 0.4) is 0 Å². The van der Waals surface area contributed by atoms with Crippen LogP contribution >= 0.6 is 0 Å². The van der Waals surface area contributed by atoms with Crippen molar-refractivity contribution >= 4 is 5.97 Å². The van der Waals surface area contributed by atoms with Gasteiger partial charge >= 0.3 is 5.97 Å². The van der Waals surface area contributed by atoms with Crippen LogP contribution in [0.25, 0.3) is 0 Å². The fourth-order valence-corrected chi connectivity index (χ4v) is 2.84. The molecule has 2 saturated heterocycles. The molecule has 2 heterocycles. The Kier molecular flexibility index (Phi) is 5.49. The van der Waals surface area contributed by atoms with Crippen molar-refractivity contribution in [3.63, 3.8) is 0 Å². The third-order valence-corrected chi connectivity index (χ3v) is 4.24. The lowest BCUT2D eigenvalue weighted by atomic mass is 9.88. The molecule has 0 aliphatic carbocycles. The molecule has 2 aliphatic rings. The van der Waals surface area contributed by atoms with Gasteiger partial charge in [0.2, 0.25) is 0 Å². The summed E-state index contributed by atoms with van der Waals surface area (Å²) in [6.45, 7) is -0.383. The number of aliphatic hydroxyl groups is 6. The summed E-state index contributed by atoms with van der Waals surface area (Å²) in [6.07, 6.45) is -9.59. The van der Waals surface area contributed by atoms with Crippen LogP contribution < -0.4 is 0 Å². The van der Waals surface area contributed by atoms with Gasteiger partial charge in [-0.15, -0.1) is 0 Å². The highest BCUT2D eigenvalue weighted by Gasteiger charge is 2.63. The number of aliphatic hydroxyl groups excluding tert-OH is 5. The molecule has 0 aromatic rings. The second kappa shape index (κ2) is 6.78. The van der Waals surface area contributed by atoms with E-state index in [9.17, 15) is 30.3 Å². The summed E-state index contributed by atoms with van der Waals surface area (Å²) >= 11 is 0. The molecule has 8 atom stereocenters. The van der Waals surface area contributed by atoms with Crippen LogP contribution in [0.2, 0.25) is 0 Å². The smallest absolute Gasteiger partial charge is 0.364 e. The van der Waals surface area contributed by atoms with E-state index in [-0.39, 0.29) is 0 Å². The van der Waals surface area contributed by atoms with Crippen LogP contribution in [0, 0.1) is 0 Å². The van der Waals surface area contributed by atoms with E-state index < -0.39 is 73.8 Å². The zero-order valence-corrected chi connectivity index (χ0v) is 12.8. The average Bonchev–Trinajstić information content (AvgIpc) is 2.89. The van der Waals surface area contributed by atoms with Gasteiger partial charge in [-0.25, -0.2) is 4.79 Å². The molecule has 7 N–H and O–H groups in total. The summed E-state index contributed by atoms with van der Waals surface area (Å²) < 4.78 is 15.6. The van der Waals surface area contributed by atoms with Gasteiger partial charge in [-0.1, -0.05) is 0 Å². The van der Waals surface area contributed by atoms with Crippen molar-refractivity contribution in [2.75, 3.05) is 13.2 Å². The number of fused-ring (bicyclic) bond motifs is 1. The van der Waals surface area contributed by atoms with Gasteiger partial charge < -0.3 is 50.0 Å². The van der Waals surface area contributed by atoms with E-state index in [0.717, 1.165) is 6.92 Å². The molecule has 0 spiro atoms. The van der Waals surface area contributed by atoms with Crippen LogP contribution in [0.4, 0.5) is 0 Å². The molecule has 0 bridgehead atoms. The van der Waals surface area contributed by atoms with Crippen LogP contribution in [-0.4, -0.2) is 103 Å². The summed E-state index contributed by atoms with van der Waals surface area (Å²) in [7, 11) is 0. The minimum Gasteiger partial charge on any atom is -0.477 e. The van der Waals surface area contributed by atoms with E-state index in [0.29, 0.717) is 0 Å². The molecule has 11 nitrogen and oxygen atoms in total. The Balaban J connectivity index is 2.24. The predicted molar refractivity (Wildman–Crippen MR) is 72.4 cm³/mol. The number of carboxylic acid groups (broad SMARTS) is 1. The lowest BCUT2D eigenvalue weighted by molar-refractivity contribution is -0.343. The van der Waals surface area contributed by atoms with Crippen molar-refractivity contribution in [1.82, 2.24) is 0 Å². The fourth-order valence-electron chi connectivity index (χ4n) is 2.84. The second-order valence-electron chi connectivity index (χ2n) is 6.07. The molecule has 2 aliphatic heterocycles. The highest BCUT2D eigenvalue weighted by molar-refractivity contribution is 5.75. The van der Waals surface area contributed by atoms with Crippen molar-refractivity contribution in [3.05, 3.63) is 0 Å². The van der Waals surface area contributed by atoms with Gasteiger partial charge in [-0.3, -0.25) is 0 Å². The average molecular weight is 354 g/mol. The molecule has 0 aromatic heterocycles. The molecule has 24 heavy (non-hydrogen) atoms.